The number of hydrogen-bond acceptors (Lipinski definition) is 8. The van der Waals surface area contributed by atoms with Crippen molar-refractivity contribution in [1.29, 1.82) is 0 Å². The molecule has 0 spiro atoms. The Morgan fingerprint density at radius 2 is 2.07 bits per heavy atom. The van der Waals surface area contributed by atoms with Crippen LogP contribution in [0.2, 0.25) is 0 Å². The van der Waals surface area contributed by atoms with Crippen LogP contribution in [-0.4, -0.2) is 27.0 Å². The summed E-state index contributed by atoms with van der Waals surface area (Å²) in [7, 11) is 1.57. The van der Waals surface area contributed by atoms with Crippen LogP contribution in [0.3, 0.4) is 0 Å². The Balaban J connectivity index is 1.82. The molecule has 136 valence electrons. The predicted molar refractivity (Wildman–Crippen MR) is 99.0 cm³/mol. The highest BCUT2D eigenvalue weighted by molar-refractivity contribution is 5.81. The van der Waals surface area contributed by atoms with E-state index in [4.69, 9.17) is 15.1 Å². The topological polar surface area (TPSA) is 121 Å². The number of nitrogens with zero attached hydrogens (tertiary/aromatic N) is 5. The number of nitrogens with two attached hydrogens (primary N) is 1. The van der Waals surface area contributed by atoms with E-state index in [1.807, 2.05) is 47.0 Å². The molecule has 2 heterocycles. The Hall–Kier alpha value is -3.75. The number of methoxy groups -OCH3 is 1. The Bertz CT molecular complexity index is 1100. The van der Waals surface area contributed by atoms with Crippen molar-refractivity contribution >= 4 is 16.9 Å². The average Bonchev–Trinajstić information content (AvgIpc) is 3.29. The van der Waals surface area contributed by atoms with E-state index >= 15 is 0 Å². The van der Waals surface area contributed by atoms with Gasteiger partial charge < -0.3 is 15.0 Å². The standard InChI is InChI=1S/C18H16N6O3/c1-26-12-6-4-5-11(9-12)14(21-25)10-24-15-8-3-2-7-13(15)20-18(24)16-17(19)23-27-22-16/h2-9,14H,10H2,1H3,(H2,19,23). The van der Waals surface area contributed by atoms with E-state index in [1.165, 1.54) is 0 Å². The number of fused-ring (bicyclic) bond motifs is 1. The molecule has 0 aliphatic carbocycles. The molecule has 1 atom stereocenters. The van der Waals surface area contributed by atoms with Crippen LogP contribution in [0, 0.1) is 4.91 Å². The maximum absolute atomic E-state index is 11.6. The van der Waals surface area contributed by atoms with Gasteiger partial charge in [-0.3, -0.25) is 0 Å². The van der Waals surface area contributed by atoms with Gasteiger partial charge in [-0.05, 0) is 40.1 Å². The van der Waals surface area contributed by atoms with Gasteiger partial charge in [-0.25, -0.2) is 9.61 Å². The molecule has 0 fully saturated rings. The summed E-state index contributed by atoms with van der Waals surface area (Å²) in [6, 6.07) is 14.1. The van der Waals surface area contributed by atoms with Crippen molar-refractivity contribution in [2.75, 3.05) is 12.8 Å². The first kappa shape index (κ1) is 16.7. The summed E-state index contributed by atoms with van der Waals surface area (Å²) in [6.45, 7) is 0.249. The molecular formula is C18H16N6O3. The van der Waals surface area contributed by atoms with Crippen LogP contribution in [0.15, 0.2) is 58.3 Å². The van der Waals surface area contributed by atoms with Gasteiger partial charge in [0, 0.05) is 0 Å². The minimum atomic E-state index is -0.655. The molecule has 0 aliphatic rings. The number of ether oxygens (including phenoxy) is 1. The smallest absolute Gasteiger partial charge is 0.199 e. The lowest BCUT2D eigenvalue weighted by molar-refractivity contribution is 0.310. The number of aromatic nitrogens is 4. The number of imidazole rings is 1. The van der Waals surface area contributed by atoms with E-state index in [9.17, 15) is 4.91 Å². The predicted octanol–water partition coefficient (Wildman–Crippen LogP) is 3.18. The number of rotatable bonds is 6. The minimum Gasteiger partial charge on any atom is -0.497 e. The van der Waals surface area contributed by atoms with Gasteiger partial charge in [-0.15, -0.1) is 0 Å². The zero-order chi connectivity index (χ0) is 18.8. The fraction of sp³-hybridized carbons (Fsp3) is 0.167. The van der Waals surface area contributed by atoms with Crippen LogP contribution >= 0.6 is 0 Å². The molecule has 0 amide bonds. The molecule has 9 nitrogen and oxygen atoms in total. The maximum Gasteiger partial charge on any atom is 0.199 e. The molecule has 1 unspecified atom stereocenters. The van der Waals surface area contributed by atoms with Gasteiger partial charge in [-0.1, -0.05) is 29.4 Å². The monoisotopic (exact) mass is 364 g/mol. The highest BCUT2D eigenvalue weighted by atomic mass is 16.6. The lowest BCUT2D eigenvalue weighted by Crippen LogP contribution is -2.09. The van der Waals surface area contributed by atoms with Gasteiger partial charge in [0.2, 0.25) is 0 Å². The molecule has 0 aliphatic heterocycles. The summed E-state index contributed by atoms with van der Waals surface area (Å²) in [5, 5.41) is 10.8. The summed E-state index contributed by atoms with van der Waals surface area (Å²) in [5.74, 6) is 1.25. The van der Waals surface area contributed by atoms with Crippen molar-refractivity contribution < 1.29 is 9.37 Å². The van der Waals surface area contributed by atoms with Gasteiger partial charge in [-0.2, -0.15) is 4.91 Å². The van der Waals surface area contributed by atoms with Crippen molar-refractivity contribution in [3.8, 4) is 17.3 Å². The van der Waals surface area contributed by atoms with Crippen LogP contribution in [0.5, 0.6) is 5.75 Å². The molecule has 4 aromatic rings. The Labute approximate surface area is 153 Å². The molecule has 0 radical (unpaired) electrons. The Morgan fingerprint density at radius 1 is 1.22 bits per heavy atom. The first-order valence-electron chi connectivity index (χ1n) is 8.21. The van der Waals surface area contributed by atoms with Crippen molar-refractivity contribution in [3.63, 3.8) is 0 Å². The molecular weight excluding hydrogens is 348 g/mol. The quantitative estimate of drug-likeness (QED) is 0.521. The van der Waals surface area contributed by atoms with E-state index in [0.717, 1.165) is 16.6 Å². The fourth-order valence-electron chi connectivity index (χ4n) is 3.01. The van der Waals surface area contributed by atoms with Gasteiger partial charge in [0.15, 0.2) is 17.3 Å². The van der Waals surface area contributed by atoms with Crippen molar-refractivity contribution in [2.45, 2.75) is 12.6 Å². The molecule has 2 aromatic heterocycles. The lowest BCUT2D eigenvalue weighted by atomic mass is 10.1. The Kier molecular flexibility index (Phi) is 4.25. The molecule has 0 saturated carbocycles. The summed E-state index contributed by atoms with van der Waals surface area (Å²) >= 11 is 0. The number of nitroso groups, excluding NO2 is 1. The second-order valence-corrected chi connectivity index (χ2v) is 5.93. The second-order valence-electron chi connectivity index (χ2n) is 5.93. The molecule has 2 N–H and O–H groups in total. The van der Waals surface area contributed by atoms with E-state index < -0.39 is 6.04 Å². The first-order valence-corrected chi connectivity index (χ1v) is 8.21. The maximum atomic E-state index is 11.6. The van der Waals surface area contributed by atoms with Crippen molar-refractivity contribution in [1.82, 2.24) is 19.9 Å². The molecule has 2 aromatic carbocycles. The highest BCUT2D eigenvalue weighted by Gasteiger charge is 2.22. The number of benzene rings is 2. The molecule has 4 rings (SSSR count). The fourth-order valence-corrected chi connectivity index (χ4v) is 3.01. The van der Waals surface area contributed by atoms with Crippen LogP contribution < -0.4 is 10.5 Å². The van der Waals surface area contributed by atoms with Crippen LogP contribution in [0.25, 0.3) is 22.6 Å². The van der Waals surface area contributed by atoms with Crippen LogP contribution in [0.1, 0.15) is 11.6 Å². The van der Waals surface area contributed by atoms with Crippen molar-refractivity contribution in [2.24, 2.45) is 5.18 Å². The van der Waals surface area contributed by atoms with E-state index in [2.05, 4.69) is 20.5 Å². The van der Waals surface area contributed by atoms with Gasteiger partial charge >= 0.3 is 0 Å². The summed E-state index contributed by atoms with van der Waals surface area (Å²) in [5.41, 5.74) is 8.48. The number of anilines is 1. The van der Waals surface area contributed by atoms with Crippen molar-refractivity contribution in [3.05, 3.63) is 59.0 Å². The van der Waals surface area contributed by atoms with Gasteiger partial charge in [0.25, 0.3) is 0 Å². The largest absolute Gasteiger partial charge is 0.497 e. The molecule has 0 bridgehead atoms. The summed E-state index contributed by atoms with van der Waals surface area (Å²) in [6.07, 6.45) is 0. The number of hydrogen-bond donors (Lipinski definition) is 1. The van der Waals surface area contributed by atoms with E-state index in [-0.39, 0.29) is 12.4 Å². The van der Waals surface area contributed by atoms with Gasteiger partial charge in [0.1, 0.15) is 11.8 Å². The normalized spacial score (nSPS) is 12.2. The highest BCUT2D eigenvalue weighted by Crippen LogP contribution is 2.30. The lowest BCUT2D eigenvalue weighted by Gasteiger charge is -2.14. The van der Waals surface area contributed by atoms with Crippen LogP contribution in [-0.2, 0) is 6.54 Å². The summed E-state index contributed by atoms with van der Waals surface area (Å²) < 4.78 is 11.8. The zero-order valence-corrected chi connectivity index (χ0v) is 14.4. The molecule has 27 heavy (non-hydrogen) atoms. The number of nitrogen functional groups attached to an aromatic ring is 1. The summed E-state index contributed by atoms with van der Waals surface area (Å²) in [4.78, 5) is 16.2. The molecule has 9 heteroatoms. The SMILES string of the molecule is COc1cccc(C(Cn2c(-c3nonc3N)nc3ccccc32)N=O)c1. The third-order valence-electron chi connectivity index (χ3n) is 4.34. The second kappa shape index (κ2) is 6.87. The average molecular weight is 364 g/mol. The van der Waals surface area contributed by atoms with E-state index in [1.54, 1.807) is 13.2 Å². The number of para-hydroxylation sites is 2. The first-order chi connectivity index (χ1) is 13.2. The molecule has 0 saturated heterocycles. The van der Waals surface area contributed by atoms with Crippen LogP contribution in [0.4, 0.5) is 5.82 Å². The minimum absolute atomic E-state index is 0.128. The third kappa shape index (κ3) is 2.99. The zero-order valence-electron chi connectivity index (χ0n) is 14.4. The third-order valence-corrected chi connectivity index (χ3v) is 4.34. The van der Waals surface area contributed by atoms with E-state index in [0.29, 0.717) is 17.3 Å². The van der Waals surface area contributed by atoms with Gasteiger partial charge in [0.05, 0.1) is 24.7 Å². The Morgan fingerprint density at radius 3 is 2.81 bits per heavy atom.